The Hall–Kier alpha value is -2.78. The van der Waals surface area contributed by atoms with Gasteiger partial charge in [0.15, 0.2) is 0 Å². The van der Waals surface area contributed by atoms with Crippen LogP contribution in [0.2, 0.25) is 0 Å². The Morgan fingerprint density at radius 1 is 0.828 bits per heavy atom. The third-order valence-corrected chi connectivity index (χ3v) is 4.91. The van der Waals surface area contributed by atoms with Gasteiger partial charge < -0.3 is 10.1 Å². The summed E-state index contributed by atoms with van der Waals surface area (Å²) in [4.78, 5) is 11.9. The Balaban J connectivity index is 1.51. The maximum Gasteiger partial charge on any atom is 0.251 e. The highest BCUT2D eigenvalue weighted by atomic mass is 35.5. The van der Waals surface area contributed by atoms with Crippen molar-refractivity contribution in [1.82, 2.24) is 5.32 Å². The van der Waals surface area contributed by atoms with Crippen LogP contribution in [0, 0.1) is 0 Å². The molecular formula is C25H26ClNO2. The molecule has 29 heavy (non-hydrogen) atoms. The summed E-state index contributed by atoms with van der Waals surface area (Å²) in [6, 6.07) is 26.2. The number of amides is 1. The normalized spacial score (nSPS) is 10.5. The Morgan fingerprint density at radius 3 is 2.31 bits per heavy atom. The van der Waals surface area contributed by atoms with Crippen LogP contribution in [0.3, 0.4) is 0 Å². The number of aryl methyl sites for hydroxylation is 2. The number of alkyl halides is 1. The smallest absolute Gasteiger partial charge is 0.251 e. The van der Waals surface area contributed by atoms with Crippen molar-refractivity contribution in [2.24, 2.45) is 0 Å². The fourth-order valence-electron chi connectivity index (χ4n) is 3.16. The van der Waals surface area contributed by atoms with Gasteiger partial charge in [0.05, 0.1) is 0 Å². The largest absolute Gasteiger partial charge is 0.489 e. The van der Waals surface area contributed by atoms with Crippen molar-refractivity contribution in [3.8, 4) is 5.75 Å². The van der Waals surface area contributed by atoms with E-state index < -0.39 is 0 Å². The van der Waals surface area contributed by atoms with E-state index in [2.05, 4.69) is 29.6 Å². The lowest BCUT2D eigenvalue weighted by molar-refractivity contribution is 0.0956. The third kappa shape index (κ3) is 6.65. The first kappa shape index (κ1) is 20.9. The summed E-state index contributed by atoms with van der Waals surface area (Å²) in [5.41, 5.74) is 4.28. The first-order chi connectivity index (χ1) is 14.3. The first-order valence-corrected chi connectivity index (χ1v) is 10.5. The first-order valence-electron chi connectivity index (χ1n) is 9.94. The van der Waals surface area contributed by atoms with E-state index in [1.165, 1.54) is 11.1 Å². The molecule has 0 saturated heterocycles. The van der Waals surface area contributed by atoms with Crippen molar-refractivity contribution in [2.45, 2.75) is 25.9 Å². The van der Waals surface area contributed by atoms with Crippen LogP contribution in [0.5, 0.6) is 5.75 Å². The second kappa shape index (κ2) is 11.3. The Morgan fingerprint density at radius 2 is 1.55 bits per heavy atom. The molecule has 0 unspecified atom stereocenters. The van der Waals surface area contributed by atoms with E-state index >= 15 is 0 Å². The van der Waals surface area contributed by atoms with Crippen molar-refractivity contribution >= 4 is 17.5 Å². The summed E-state index contributed by atoms with van der Waals surface area (Å²) in [6.07, 6.45) is 2.92. The van der Waals surface area contributed by atoms with Gasteiger partial charge in [-0.1, -0.05) is 60.7 Å². The van der Waals surface area contributed by atoms with Crippen LogP contribution < -0.4 is 10.1 Å². The molecule has 4 heteroatoms. The maximum atomic E-state index is 11.9. The van der Waals surface area contributed by atoms with Crippen LogP contribution in [0.1, 0.15) is 33.5 Å². The van der Waals surface area contributed by atoms with Crippen LogP contribution in [-0.2, 0) is 19.4 Å². The molecule has 3 rings (SSSR count). The van der Waals surface area contributed by atoms with Crippen molar-refractivity contribution in [2.75, 3.05) is 12.4 Å². The summed E-state index contributed by atoms with van der Waals surface area (Å²) in [5.74, 6) is 1.28. The van der Waals surface area contributed by atoms with E-state index in [1.54, 1.807) is 0 Å². The predicted octanol–water partition coefficient (Wildman–Crippen LogP) is 5.41. The van der Waals surface area contributed by atoms with Crippen LogP contribution in [0.4, 0.5) is 0 Å². The standard InChI is InChI=1S/C25H26ClNO2/c26-17-18-27-25(28)23-15-13-20(14-16-23)9-6-11-22-10-4-5-12-24(22)29-19-21-7-2-1-3-8-21/h1-5,7-8,10,12-16H,6,9,11,17-19H2,(H,27,28). The van der Waals surface area contributed by atoms with E-state index in [0.717, 1.165) is 30.6 Å². The monoisotopic (exact) mass is 407 g/mol. The molecule has 0 bridgehead atoms. The zero-order valence-corrected chi connectivity index (χ0v) is 17.2. The maximum absolute atomic E-state index is 11.9. The zero-order valence-electron chi connectivity index (χ0n) is 16.4. The topological polar surface area (TPSA) is 38.3 Å². The molecule has 3 aromatic rings. The average Bonchev–Trinajstić information content (AvgIpc) is 2.78. The lowest BCUT2D eigenvalue weighted by Gasteiger charge is -2.12. The number of carbonyl (C=O) groups excluding carboxylic acids is 1. The highest BCUT2D eigenvalue weighted by Gasteiger charge is 2.06. The molecule has 150 valence electrons. The summed E-state index contributed by atoms with van der Waals surface area (Å²) in [6.45, 7) is 1.05. The second-order valence-electron chi connectivity index (χ2n) is 6.88. The average molecular weight is 408 g/mol. The number of carbonyl (C=O) groups is 1. The minimum atomic E-state index is -0.0818. The number of para-hydroxylation sites is 1. The molecule has 3 aromatic carbocycles. The molecule has 1 amide bonds. The minimum Gasteiger partial charge on any atom is -0.489 e. The third-order valence-electron chi connectivity index (χ3n) is 4.72. The summed E-state index contributed by atoms with van der Waals surface area (Å²) >= 11 is 5.60. The van der Waals surface area contributed by atoms with Crippen LogP contribution in [-0.4, -0.2) is 18.3 Å². The van der Waals surface area contributed by atoms with E-state index in [-0.39, 0.29) is 5.91 Å². The van der Waals surface area contributed by atoms with Crippen LogP contribution in [0.15, 0.2) is 78.9 Å². The van der Waals surface area contributed by atoms with Gasteiger partial charge in [-0.2, -0.15) is 0 Å². The molecule has 0 spiro atoms. The molecule has 0 fully saturated rings. The molecule has 0 aliphatic carbocycles. The Bertz CT molecular complexity index is 894. The summed E-state index contributed by atoms with van der Waals surface area (Å²) in [5, 5.41) is 2.78. The molecule has 1 N–H and O–H groups in total. The molecule has 0 aliphatic heterocycles. The SMILES string of the molecule is O=C(NCCCl)c1ccc(CCCc2ccccc2OCc2ccccc2)cc1. The summed E-state index contributed by atoms with van der Waals surface area (Å²) in [7, 11) is 0. The van der Waals surface area contributed by atoms with Gasteiger partial charge in [0.2, 0.25) is 0 Å². The molecule has 0 aromatic heterocycles. The van der Waals surface area contributed by atoms with Gasteiger partial charge in [0.25, 0.3) is 5.91 Å². The minimum absolute atomic E-state index is 0.0818. The van der Waals surface area contributed by atoms with Crippen LogP contribution in [0.25, 0.3) is 0 Å². The molecule has 0 saturated carbocycles. The van der Waals surface area contributed by atoms with Gasteiger partial charge in [-0.05, 0) is 54.2 Å². The van der Waals surface area contributed by atoms with Crippen molar-refractivity contribution in [3.63, 3.8) is 0 Å². The number of nitrogens with one attached hydrogen (secondary N) is 1. The van der Waals surface area contributed by atoms with E-state index in [0.29, 0.717) is 24.6 Å². The molecule has 0 aliphatic rings. The van der Waals surface area contributed by atoms with Gasteiger partial charge >= 0.3 is 0 Å². The quantitative estimate of drug-likeness (QED) is 0.456. The van der Waals surface area contributed by atoms with E-state index in [4.69, 9.17) is 16.3 Å². The Labute approximate surface area is 177 Å². The summed E-state index contributed by atoms with van der Waals surface area (Å²) < 4.78 is 6.05. The highest BCUT2D eigenvalue weighted by molar-refractivity contribution is 6.18. The van der Waals surface area contributed by atoms with Gasteiger partial charge in [0, 0.05) is 18.0 Å². The molecule has 0 atom stereocenters. The van der Waals surface area contributed by atoms with E-state index in [9.17, 15) is 4.79 Å². The molecular weight excluding hydrogens is 382 g/mol. The number of halogens is 1. The van der Waals surface area contributed by atoms with Gasteiger partial charge in [-0.25, -0.2) is 0 Å². The lowest BCUT2D eigenvalue weighted by atomic mass is 10.0. The number of rotatable bonds is 10. The number of benzene rings is 3. The zero-order chi connectivity index (χ0) is 20.3. The van der Waals surface area contributed by atoms with Gasteiger partial charge in [0.1, 0.15) is 12.4 Å². The number of ether oxygens (including phenoxy) is 1. The molecule has 0 heterocycles. The highest BCUT2D eigenvalue weighted by Crippen LogP contribution is 2.21. The van der Waals surface area contributed by atoms with Crippen molar-refractivity contribution in [3.05, 3.63) is 101 Å². The molecule has 0 radical (unpaired) electrons. The fraction of sp³-hybridized carbons (Fsp3) is 0.240. The van der Waals surface area contributed by atoms with Crippen LogP contribution >= 0.6 is 11.6 Å². The molecule has 3 nitrogen and oxygen atoms in total. The lowest BCUT2D eigenvalue weighted by Crippen LogP contribution is -2.25. The Kier molecular flexibility index (Phi) is 8.14. The van der Waals surface area contributed by atoms with Crippen molar-refractivity contribution < 1.29 is 9.53 Å². The van der Waals surface area contributed by atoms with E-state index in [1.807, 2.05) is 54.6 Å². The number of hydrogen-bond donors (Lipinski definition) is 1. The predicted molar refractivity (Wildman–Crippen MR) is 119 cm³/mol. The van der Waals surface area contributed by atoms with Gasteiger partial charge in [-0.3, -0.25) is 4.79 Å². The number of hydrogen-bond acceptors (Lipinski definition) is 2. The van der Waals surface area contributed by atoms with Gasteiger partial charge in [-0.15, -0.1) is 11.6 Å². The van der Waals surface area contributed by atoms with Crippen molar-refractivity contribution in [1.29, 1.82) is 0 Å². The fourth-order valence-corrected chi connectivity index (χ4v) is 3.25. The second-order valence-corrected chi connectivity index (χ2v) is 7.26.